The molecule has 0 bridgehead atoms. The molecule has 0 radical (unpaired) electrons. The van der Waals surface area contributed by atoms with E-state index in [9.17, 15) is 13.5 Å². The molecule has 0 amide bonds. The number of hydrogen-bond donors (Lipinski definition) is 2. The Morgan fingerprint density at radius 2 is 2.19 bits per heavy atom. The van der Waals surface area contributed by atoms with Crippen molar-refractivity contribution < 1.29 is 13.5 Å². The molecule has 0 aliphatic rings. The number of aliphatic hydroxyl groups excluding tert-OH is 1. The van der Waals surface area contributed by atoms with Gasteiger partial charge in [-0.15, -0.1) is 11.3 Å². The number of aliphatic hydroxyl groups is 1. The lowest BCUT2D eigenvalue weighted by atomic mass is 10.1. The van der Waals surface area contributed by atoms with Gasteiger partial charge in [-0.25, -0.2) is 8.42 Å². The second-order valence-electron chi connectivity index (χ2n) is 4.78. The summed E-state index contributed by atoms with van der Waals surface area (Å²) in [4.78, 5) is 4.03. The Hall–Kier alpha value is -1.28. The first-order valence-corrected chi connectivity index (χ1v) is 9.10. The monoisotopic (exact) mass is 326 g/mol. The molecule has 2 aromatic heterocycles. The molecule has 2 unspecified atom stereocenters. The SMILES string of the molecule is CC(NCC(O)CS(=O)(=O)c1cccs1)c1cccnc1. The average Bonchev–Trinajstić information content (AvgIpc) is 3.00. The highest BCUT2D eigenvalue weighted by atomic mass is 32.2. The van der Waals surface area contributed by atoms with Crippen LogP contribution in [0, 0.1) is 0 Å². The second kappa shape index (κ2) is 7.13. The third-order valence-corrected chi connectivity index (χ3v) is 6.34. The van der Waals surface area contributed by atoms with E-state index in [4.69, 9.17) is 0 Å². The van der Waals surface area contributed by atoms with Gasteiger partial charge in [0.05, 0.1) is 11.9 Å². The van der Waals surface area contributed by atoms with Gasteiger partial charge in [0.2, 0.25) is 0 Å². The maximum atomic E-state index is 12.0. The van der Waals surface area contributed by atoms with Gasteiger partial charge in [-0.1, -0.05) is 12.1 Å². The molecule has 2 heterocycles. The van der Waals surface area contributed by atoms with Gasteiger partial charge in [-0.2, -0.15) is 0 Å². The van der Waals surface area contributed by atoms with Crippen LogP contribution in [0.15, 0.2) is 46.2 Å². The van der Waals surface area contributed by atoms with Gasteiger partial charge in [0, 0.05) is 25.0 Å². The summed E-state index contributed by atoms with van der Waals surface area (Å²) in [6.45, 7) is 2.15. The van der Waals surface area contributed by atoms with E-state index in [1.54, 1.807) is 29.9 Å². The minimum atomic E-state index is -3.41. The van der Waals surface area contributed by atoms with E-state index in [-0.39, 0.29) is 18.3 Å². The summed E-state index contributed by atoms with van der Waals surface area (Å²) in [5, 5.41) is 14.8. The Morgan fingerprint density at radius 1 is 1.38 bits per heavy atom. The molecule has 0 spiro atoms. The van der Waals surface area contributed by atoms with Crippen LogP contribution in [0.1, 0.15) is 18.5 Å². The molecule has 2 N–H and O–H groups in total. The number of nitrogens with one attached hydrogen (secondary N) is 1. The minimum absolute atomic E-state index is 0.00204. The van der Waals surface area contributed by atoms with Gasteiger partial charge in [0.25, 0.3) is 0 Å². The van der Waals surface area contributed by atoms with Crippen molar-refractivity contribution in [3.63, 3.8) is 0 Å². The normalized spacial score (nSPS) is 14.8. The topological polar surface area (TPSA) is 79.3 Å². The van der Waals surface area contributed by atoms with Crippen LogP contribution in [0.4, 0.5) is 0 Å². The molecule has 0 aliphatic heterocycles. The lowest BCUT2D eigenvalue weighted by Gasteiger charge is -2.17. The number of hydrogen-bond acceptors (Lipinski definition) is 6. The van der Waals surface area contributed by atoms with Crippen molar-refractivity contribution in [2.75, 3.05) is 12.3 Å². The highest BCUT2D eigenvalue weighted by Gasteiger charge is 2.21. The van der Waals surface area contributed by atoms with Gasteiger partial charge in [0.1, 0.15) is 4.21 Å². The first kappa shape index (κ1) is 16.1. The van der Waals surface area contributed by atoms with E-state index in [2.05, 4.69) is 10.3 Å². The number of sulfone groups is 1. The van der Waals surface area contributed by atoms with Crippen molar-refractivity contribution in [3.05, 3.63) is 47.6 Å². The molecule has 21 heavy (non-hydrogen) atoms. The highest BCUT2D eigenvalue weighted by Crippen LogP contribution is 2.18. The molecule has 0 aromatic carbocycles. The summed E-state index contributed by atoms with van der Waals surface area (Å²) in [6.07, 6.45) is 2.49. The first-order chi connectivity index (χ1) is 9.99. The number of aromatic nitrogens is 1. The third kappa shape index (κ3) is 4.60. The van der Waals surface area contributed by atoms with Crippen LogP contribution in [0.25, 0.3) is 0 Å². The van der Waals surface area contributed by atoms with Gasteiger partial charge < -0.3 is 10.4 Å². The van der Waals surface area contributed by atoms with Crippen molar-refractivity contribution in [1.29, 1.82) is 0 Å². The Balaban J connectivity index is 1.87. The molecule has 114 valence electrons. The molecular weight excluding hydrogens is 308 g/mol. The zero-order valence-corrected chi connectivity index (χ0v) is 13.3. The Kier molecular flexibility index (Phi) is 5.46. The molecule has 0 fully saturated rings. The van der Waals surface area contributed by atoms with E-state index in [0.29, 0.717) is 4.21 Å². The number of nitrogens with zero attached hydrogens (tertiary/aromatic N) is 1. The zero-order chi connectivity index (χ0) is 15.3. The van der Waals surface area contributed by atoms with Crippen molar-refractivity contribution in [1.82, 2.24) is 10.3 Å². The molecule has 7 heteroatoms. The van der Waals surface area contributed by atoms with Crippen molar-refractivity contribution in [2.45, 2.75) is 23.3 Å². The maximum Gasteiger partial charge on any atom is 0.190 e. The predicted molar refractivity (Wildman–Crippen MR) is 83.0 cm³/mol. The fourth-order valence-corrected chi connectivity index (χ4v) is 4.38. The number of rotatable bonds is 7. The molecule has 0 saturated heterocycles. The lowest BCUT2D eigenvalue weighted by molar-refractivity contribution is 0.189. The van der Waals surface area contributed by atoms with Crippen LogP contribution in [-0.4, -0.2) is 36.9 Å². The van der Waals surface area contributed by atoms with Crippen LogP contribution < -0.4 is 5.32 Å². The highest BCUT2D eigenvalue weighted by molar-refractivity contribution is 7.93. The lowest BCUT2D eigenvalue weighted by Crippen LogP contribution is -2.33. The fourth-order valence-electron chi connectivity index (χ4n) is 1.90. The van der Waals surface area contributed by atoms with Crippen LogP contribution in [-0.2, 0) is 9.84 Å². The number of pyridine rings is 1. The second-order valence-corrected chi connectivity index (χ2v) is 7.99. The molecule has 5 nitrogen and oxygen atoms in total. The van der Waals surface area contributed by atoms with Crippen LogP contribution in [0.5, 0.6) is 0 Å². The van der Waals surface area contributed by atoms with Crippen molar-refractivity contribution in [3.8, 4) is 0 Å². The van der Waals surface area contributed by atoms with Gasteiger partial charge >= 0.3 is 0 Å². The molecule has 2 aromatic rings. The smallest absolute Gasteiger partial charge is 0.190 e. The number of thiophene rings is 1. The third-order valence-electron chi connectivity index (χ3n) is 3.06. The van der Waals surface area contributed by atoms with Gasteiger partial charge in [-0.05, 0) is 30.0 Å². The molecule has 2 atom stereocenters. The summed E-state index contributed by atoms with van der Waals surface area (Å²) in [7, 11) is -3.41. The summed E-state index contributed by atoms with van der Waals surface area (Å²) in [5.74, 6) is -0.278. The maximum absolute atomic E-state index is 12.0. The molecule has 0 aliphatic carbocycles. The Bertz CT molecular complexity index is 642. The predicted octanol–water partition coefficient (Wildman–Crippen LogP) is 1.63. The average molecular weight is 326 g/mol. The standard InChI is InChI=1S/C14H18N2O3S2/c1-11(12-4-2-6-15-8-12)16-9-13(17)10-21(18,19)14-5-3-7-20-14/h2-8,11,13,16-17H,9-10H2,1H3. The summed E-state index contributed by atoms with van der Waals surface area (Å²) < 4.78 is 24.4. The van der Waals surface area contributed by atoms with Gasteiger partial charge in [-0.3, -0.25) is 4.98 Å². The zero-order valence-electron chi connectivity index (χ0n) is 11.6. The molecular formula is C14H18N2O3S2. The summed E-state index contributed by atoms with van der Waals surface area (Å²) in [6, 6.07) is 7.01. The van der Waals surface area contributed by atoms with Crippen LogP contribution in [0.2, 0.25) is 0 Å². The van der Waals surface area contributed by atoms with E-state index in [1.165, 1.54) is 11.3 Å². The largest absolute Gasteiger partial charge is 0.391 e. The van der Waals surface area contributed by atoms with Gasteiger partial charge in [0.15, 0.2) is 9.84 Å². The van der Waals surface area contributed by atoms with E-state index < -0.39 is 15.9 Å². The molecule has 0 saturated carbocycles. The van der Waals surface area contributed by atoms with Crippen molar-refractivity contribution in [2.24, 2.45) is 0 Å². The van der Waals surface area contributed by atoms with Crippen molar-refractivity contribution >= 4 is 21.2 Å². The van der Waals surface area contributed by atoms with E-state index in [0.717, 1.165) is 5.56 Å². The Labute approximate surface area is 128 Å². The van der Waals surface area contributed by atoms with E-state index in [1.807, 2.05) is 19.1 Å². The molecule has 2 rings (SSSR count). The van der Waals surface area contributed by atoms with E-state index >= 15 is 0 Å². The minimum Gasteiger partial charge on any atom is -0.391 e. The fraction of sp³-hybridized carbons (Fsp3) is 0.357. The Morgan fingerprint density at radius 3 is 2.81 bits per heavy atom. The quantitative estimate of drug-likeness (QED) is 0.808. The van der Waals surface area contributed by atoms with Crippen LogP contribution >= 0.6 is 11.3 Å². The van der Waals surface area contributed by atoms with Crippen LogP contribution in [0.3, 0.4) is 0 Å². The summed E-state index contributed by atoms with van der Waals surface area (Å²) >= 11 is 1.17. The summed E-state index contributed by atoms with van der Waals surface area (Å²) in [5.41, 5.74) is 0.991. The first-order valence-electron chi connectivity index (χ1n) is 6.56.